The minimum atomic E-state index is -0.0111. The van der Waals surface area contributed by atoms with E-state index in [-0.39, 0.29) is 11.4 Å². The molecule has 3 rings (SSSR count). The Balaban J connectivity index is 1.44. The van der Waals surface area contributed by atoms with Crippen LogP contribution in [0.5, 0.6) is 0 Å². The Labute approximate surface area is 168 Å². The number of carbonyl (C=O) groups is 1. The van der Waals surface area contributed by atoms with E-state index in [9.17, 15) is 4.79 Å². The van der Waals surface area contributed by atoms with Crippen LogP contribution in [0.1, 0.15) is 31.9 Å². The van der Waals surface area contributed by atoms with Gasteiger partial charge >= 0.3 is 6.03 Å². The second kappa shape index (κ2) is 9.07. The quantitative estimate of drug-likeness (QED) is 0.827. The van der Waals surface area contributed by atoms with Gasteiger partial charge in [-0.25, -0.2) is 4.79 Å². The van der Waals surface area contributed by atoms with E-state index in [0.29, 0.717) is 0 Å². The molecule has 0 aliphatic carbocycles. The van der Waals surface area contributed by atoms with Crippen molar-refractivity contribution < 1.29 is 4.79 Å². The molecule has 0 unspecified atom stereocenters. The van der Waals surface area contributed by atoms with Crippen LogP contribution in [-0.2, 0) is 5.41 Å². The topological polar surface area (TPSA) is 35.6 Å². The lowest BCUT2D eigenvalue weighted by atomic mass is 9.87. The Morgan fingerprint density at radius 1 is 0.964 bits per heavy atom. The number of nitrogens with zero attached hydrogens (tertiary/aromatic N) is 2. The van der Waals surface area contributed by atoms with Crippen LogP contribution in [-0.4, -0.2) is 48.6 Å². The van der Waals surface area contributed by atoms with Gasteiger partial charge < -0.3 is 10.2 Å². The number of nitrogens with one attached hydrogen (secondary N) is 1. The van der Waals surface area contributed by atoms with Crippen molar-refractivity contribution in [2.24, 2.45) is 0 Å². The van der Waals surface area contributed by atoms with E-state index in [1.165, 1.54) is 11.1 Å². The lowest BCUT2D eigenvalue weighted by Crippen LogP contribution is -2.49. The monoisotopic (exact) mass is 377 g/mol. The van der Waals surface area contributed by atoms with Crippen LogP contribution >= 0.6 is 0 Å². The Morgan fingerprint density at radius 3 is 2.21 bits per heavy atom. The molecule has 0 aromatic heterocycles. The Bertz CT molecular complexity index is 783. The molecule has 1 fully saturated rings. The molecule has 28 heavy (non-hydrogen) atoms. The lowest BCUT2D eigenvalue weighted by Gasteiger charge is -2.34. The summed E-state index contributed by atoms with van der Waals surface area (Å²) in [4.78, 5) is 16.8. The van der Waals surface area contributed by atoms with Gasteiger partial charge in [-0.2, -0.15) is 0 Å². The Kier molecular flexibility index (Phi) is 6.53. The molecule has 1 aliphatic heterocycles. The lowest BCUT2D eigenvalue weighted by molar-refractivity contribution is 0.156. The highest BCUT2D eigenvalue weighted by Gasteiger charge is 2.20. The van der Waals surface area contributed by atoms with Crippen molar-refractivity contribution in [3.05, 3.63) is 71.8 Å². The zero-order chi connectivity index (χ0) is 20.0. The first-order valence-electron chi connectivity index (χ1n) is 10.0. The van der Waals surface area contributed by atoms with Crippen LogP contribution in [0.2, 0.25) is 0 Å². The largest absolute Gasteiger partial charge is 0.322 e. The predicted molar refractivity (Wildman–Crippen MR) is 118 cm³/mol. The van der Waals surface area contributed by atoms with Crippen molar-refractivity contribution in [1.29, 1.82) is 0 Å². The highest BCUT2D eigenvalue weighted by molar-refractivity contribution is 5.89. The van der Waals surface area contributed by atoms with Gasteiger partial charge in [0.1, 0.15) is 0 Å². The first-order valence-corrected chi connectivity index (χ1v) is 10.0. The predicted octanol–water partition coefficient (Wildman–Crippen LogP) is 4.85. The van der Waals surface area contributed by atoms with Gasteiger partial charge in [0.2, 0.25) is 0 Å². The summed E-state index contributed by atoms with van der Waals surface area (Å²) in [5.41, 5.74) is 3.46. The van der Waals surface area contributed by atoms with Gasteiger partial charge in [-0.1, -0.05) is 75.4 Å². The smallest absolute Gasteiger partial charge is 0.321 e. The molecule has 4 nitrogen and oxygen atoms in total. The highest BCUT2D eigenvalue weighted by atomic mass is 16.2. The molecule has 1 aliphatic rings. The molecule has 2 aromatic carbocycles. The summed E-state index contributed by atoms with van der Waals surface area (Å²) in [5.74, 6) is 0. The number of hydrogen-bond acceptors (Lipinski definition) is 2. The fourth-order valence-electron chi connectivity index (χ4n) is 3.29. The minimum absolute atomic E-state index is 0.0111. The second-order valence-corrected chi connectivity index (χ2v) is 8.36. The van der Waals surface area contributed by atoms with E-state index >= 15 is 0 Å². The summed E-state index contributed by atoms with van der Waals surface area (Å²) in [6, 6.07) is 18.5. The summed E-state index contributed by atoms with van der Waals surface area (Å²) in [6.45, 7) is 10.8. The van der Waals surface area contributed by atoms with Gasteiger partial charge in [-0.15, -0.1) is 0 Å². The van der Waals surface area contributed by atoms with Gasteiger partial charge in [0, 0.05) is 38.4 Å². The van der Waals surface area contributed by atoms with Crippen molar-refractivity contribution in [1.82, 2.24) is 9.80 Å². The minimum Gasteiger partial charge on any atom is -0.322 e. The van der Waals surface area contributed by atoms with Crippen LogP contribution < -0.4 is 5.32 Å². The standard InChI is InChI=1S/C24H31N3O/c1-24(2,3)21-11-13-22(14-12-21)25-23(28)27-18-16-26(17-19-27)15-7-10-20-8-5-4-6-9-20/h4-14H,15-19H2,1-3H3,(H,25,28)/b10-7+. The maximum atomic E-state index is 12.5. The van der Waals surface area contributed by atoms with Crippen LogP contribution in [0.15, 0.2) is 60.7 Å². The van der Waals surface area contributed by atoms with Crippen molar-refractivity contribution in [2.45, 2.75) is 26.2 Å². The molecule has 1 saturated heterocycles. The molecule has 0 radical (unpaired) electrons. The zero-order valence-electron chi connectivity index (χ0n) is 17.2. The third kappa shape index (κ3) is 5.70. The van der Waals surface area contributed by atoms with Crippen LogP contribution in [0.4, 0.5) is 10.5 Å². The number of hydrogen-bond donors (Lipinski definition) is 1. The summed E-state index contributed by atoms with van der Waals surface area (Å²) < 4.78 is 0. The summed E-state index contributed by atoms with van der Waals surface area (Å²) >= 11 is 0. The zero-order valence-corrected chi connectivity index (χ0v) is 17.2. The van der Waals surface area contributed by atoms with E-state index in [2.05, 4.69) is 67.4 Å². The van der Waals surface area contributed by atoms with Crippen molar-refractivity contribution in [3.8, 4) is 0 Å². The number of anilines is 1. The number of carbonyl (C=O) groups excluding carboxylic acids is 1. The summed E-state index contributed by atoms with van der Waals surface area (Å²) in [6.07, 6.45) is 4.35. The molecule has 2 amide bonds. The molecule has 0 saturated carbocycles. The van der Waals surface area contributed by atoms with Crippen LogP contribution in [0.3, 0.4) is 0 Å². The average molecular weight is 378 g/mol. The molecule has 0 bridgehead atoms. The van der Waals surface area contributed by atoms with E-state index in [4.69, 9.17) is 0 Å². The average Bonchev–Trinajstić information content (AvgIpc) is 2.69. The van der Waals surface area contributed by atoms with Crippen molar-refractivity contribution in [3.63, 3.8) is 0 Å². The molecule has 1 N–H and O–H groups in total. The van der Waals surface area contributed by atoms with E-state index in [1.54, 1.807) is 0 Å². The van der Waals surface area contributed by atoms with Gasteiger partial charge in [0.15, 0.2) is 0 Å². The molecule has 4 heteroatoms. The third-order valence-corrected chi connectivity index (χ3v) is 5.14. The number of urea groups is 1. The SMILES string of the molecule is CC(C)(C)c1ccc(NC(=O)N2CCN(C/C=C/c3ccccc3)CC2)cc1. The highest BCUT2D eigenvalue weighted by Crippen LogP contribution is 2.23. The molecular formula is C24H31N3O. The van der Waals surface area contributed by atoms with Crippen LogP contribution in [0, 0.1) is 0 Å². The normalized spacial score (nSPS) is 15.8. The second-order valence-electron chi connectivity index (χ2n) is 8.36. The van der Waals surface area contributed by atoms with Crippen molar-refractivity contribution in [2.75, 3.05) is 38.0 Å². The van der Waals surface area contributed by atoms with E-state index in [0.717, 1.165) is 38.4 Å². The fourth-order valence-corrected chi connectivity index (χ4v) is 3.29. The third-order valence-electron chi connectivity index (χ3n) is 5.14. The fraction of sp³-hybridized carbons (Fsp3) is 0.375. The molecular weight excluding hydrogens is 346 g/mol. The molecule has 148 valence electrons. The molecule has 1 heterocycles. The van der Waals surface area contributed by atoms with Gasteiger partial charge in [0.05, 0.1) is 0 Å². The van der Waals surface area contributed by atoms with Gasteiger partial charge in [-0.05, 0) is 28.7 Å². The number of piperazine rings is 1. The Hall–Kier alpha value is -2.59. The summed E-state index contributed by atoms with van der Waals surface area (Å²) in [5, 5.41) is 3.02. The maximum absolute atomic E-state index is 12.5. The van der Waals surface area contributed by atoms with Crippen LogP contribution in [0.25, 0.3) is 6.08 Å². The summed E-state index contributed by atoms with van der Waals surface area (Å²) in [7, 11) is 0. The number of benzene rings is 2. The maximum Gasteiger partial charge on any atom is 0.321 e. The molecule has 2 aromatic rings. The van der Waals surface area contributed by atoms with Gasteiger partial charge in [-0.3, -0.25) is 4.90 Å². The molecule has 0 spiro atoms. The number of amides is 2. The number of rotatable bonds is 4. The first-order chi connectivity index (χ1) is 13.4. The van der Waals surface area contributed by atoms with Crippen molar-refractivity contribution >= 4 is 17.8 Å². The first kappa shape index (κ1) is 20.2. The Morgan fingerprint density at radius 2 is 1.61 bits per heavy atom. The molecule has 0 atom stereocenters. The van der Waals surface area contributed by atoms with Gasteiger partial charge in [0.25, 0.3) is 0 Å². The van der Waals surface area contributed by atoms with E-state index in [1.807, 2.05) is 35.2 Å². The van der Waals surface area contributed by atoms with E-state index < -0.39 is 0 Å².